The molecule has 1 aromatic rings. The molecule has 88 valence electrons. The van der Waals surface area contributed by atoms with E-state index in [0.717, 1.165) is 5.75 Å². The Morgan fingerprint density at radius 1 is 1.38 bits per heavy atom. The molecule has 1 aliphatic heterocycles. The number of para-hydroxylation sites is 1. The summed E-state index contributed by atoms with van der Waals surface area (Å²) in [4.78, 5) is 0. The third kappa shape index (κ3) is 2.07. The molecule has 0 spiro atoms. The van der Waals surface area contributed by atoms with Crippen molar-refractivity contribution in [2.24, 2.45) is 0 Å². The Bertz CT molecular complexity index is 350. The zero-order chi connectivity index (χ0) is 11.5. The topological polar surface area (TPSA) is 21.3 Å². The maximum absolute atomic E-state index is 5.46. The van der Waals surface area contributed by atoms with Crippen LogP contribution in [0.25, 0.3) is 0 Å². The van der Waals surface area contributed by atoms with Crippen LogP contribution in [0.3, 0.4) is 0 Å². The van der Waals surface area contributed by atoms with E-state index in [-0.39, 0.29) is 0 Å². The molecule has 2 heteroatoms. The standard InChI is InChI=1S/C14H21NO/c1-4-13-12(9-10(2)15-13)11-7-5-6-8-14(11)16-3/h5-8,10,12-13,15H,4,9H2,1-3H3. The number of methoxy groups -OCH3 is 1. The van der Waals surface area contributed by atoms with Crippen molar-refractivity contribution in [3.05, 3.63) is 29.8 Å². The van der Waals surface area contributed by atoms with Gasteiger partial charge in [0.25, 0.3) is 0 Å². The first-order valence-electron chi connectivity index (χ1n) is 6.15. The van der Waals surface area contributed by atoms with Gasteiger partial charge in [-0.1, -0.05) is 25.1 Å². The molecular weight excluding hydrogens is 198 g/mol. The van der Waals surface area contributed by atoms with Crippen molar-refractivity contribution >= 4 is 0 Å². The molecule has 0 radical (unpaired) electrons. The lowest BCUT2D eigenvalue weighted by molar-refractivity contribution is 0.401. The average molecular weight is 219 g/mol. The fourth-order valence-electron chi connectivity index (χ4n) is 2.81. The summed E-state index contributed by atoms with van der Waals surface area (Å²) in [6.45, 7) is 4.51. The fourth-order valence-corrected chi connectivity index (χ4v) is 2.81. The highest BCUT2D eigenvalue weighted by molar-refractivity contribution is 5.38. The van der Waals surface area contributed by atoms with Crippen molar-refractivity contribution in [3.63, 3.8) is 0 Å². The number of ether oxygens (including phenoxy) is 1. The van der Waals surface area contributed by atoms with Gasteiger partial charge in [-0.3, -0.25) is 0 Å². The predicted molar refractivity (Wildman–Crippen MR) is 67.0 cm³/mol. The second-order valence-electron chi connectivity index (χ2n) is 4.67. The van der Waals surface area contributed by atoms with Crippen LogP contribution in [0, 0.1) is 0 Å². The van der Waals surface area contributed by atoms with Gasteiger partial charge in [-0.2, -0.15) is 0 Å². The van der Waals surface area contributed by atoms with Gasteiger partial charge in [-0.25, -0.2) is 0 Å². The molecule has 0 aromatic heterocycles. The molecule has 1 aliphatic rings. The van der Waals surface area contributed by atoms with Crippen molar-refractivity contribution in [2.45, 2.75) is 44.7 Å². The van der Waals surface area contributed by atoms with Crippen LogP contribution < -0.4 is 10.1 Å². The molecule has 16 heavy (non-hydrogen) atoms. The summed E-state index contributed by atoms with van der Waals surface area (Å²) in [7, 11) is 1.76. The van der Waals surface area contributed by atoms with Gasteiger partial charge in [-0.15, -0.1) is 0 Å². The smallest absolute Gasteiger partial charge is 0.122 e. The largest absolute Gasteiger partial charge is 0.496 e. The summed E-state index contributed by atoms with van der Waals surface area (Å²) < 4.78 is 5.46. The Balaban J connectivity index is 2.28. The van der Waals surface area contributed by atoms with Crippen LogP contribution in [-0.2, 0) is 0 Å². The van der Waals surface area contributed by atoms with E-state index in [1.54, 1.807) is 7.11 Å². The van der Waals surface area contributed by atoms with Crippen molar-refractivity contribution in [3.8, 4) is 5.75 Å². The quantitative estimate of drug-likeness (QED) is 0.844. The van der Waals surface area contributed by atoms with E-state index >= 15 is 0 Å². The zero-order valence-corrected chi connectivity index (χ0v) is 10.4. The van der Waals surface area contributed by atoms with Crippen molar-refractivity contribution in [1.82, 2.24) is 5.32 Å². The Kier molecular flexibility index (Phi) is 3.49. The molecule has 1 fully saturated rings. The molecule has 0 amide bonds. The summed E-state index contributed by atoms with van der Waals surface area (Å²) in [5.74, 6) is 1.62. The van der Waals surface area contributed by atoms with E-state index in [2.05, 4.69) is 37.4 Å². The van der Waals surface area contributed by atoms with Gasteiger partial charge in [0, 0.05) is 18.0 Å². The molecule has 1 saturated heterocycles. The number of rotatable bonds is 3. The lowest BCUT2D eigenvalue weighted by atomic mass is 9.89. The minimum absolute atomic E-state index is 0.589. The number of hydrogen-bond donors (Lipinski definition) is 1. The Morgan fingerprint density at radius 2 is 2.12 bits per heavy atom. The lowest BCUT2D eigenvalue weighted by Crippen LogP contribution is -2.28. The van der Waals surface area contributed by atoms with Gasteiger partial charge >= 0.3 is 0 Å². The molecular formula is C14H21NO. The molecule has 1 N–H and O–H groups in total. The second kappa shape index (κ2) is 4.88. The maximum Gasteiger partial charge on any atom is 0.122 e. The summed E-state index contributed by atoms with van der Waals surface area (Å²) in [6, 6.07) is 9.60. The highest BCUT2D eigenvalue weighted by Crippen LogP contribution is 2.37. The van der Waals surface area contributed by atoms with Gasteiger partial charge < -0.3 is 10.1 Å². The summed E-state index contributed by atoms with van der Waals surface area (Å²) >= 11 is 0. The lowest BCUT2D eigenvalue weighted by Gasteiger charge is -2.20. The maximum atomic E-state index is 5.46. The van der Waals surface area contributed by atoms with Crippen molar-refractivity contribution in [2.75, 3.05) is 7.11 Å². The highest BCUT2D eigenvalue weighted by atomic mass is 16.5. The van der Waals surface area contributed by atoms with E-state index in [0.29, 0.717) is 18.0 Å². The molecule has 0 bridgehead atoms. The summed E-state index contributed by atoms with van der Waals surface area (Å²) in [5.41, 5.74) is 1.36. The average Bonchev–Trinajstić information content (AvgIpc) is 2.70. The van der Waals surface area contributed by atoms with E-state index in [9.17, 15) is 0 Å². The number of hydrogen-bond acceptors (Lipinski definition) is 2. The van der Waals surface area contributed by atoms with E-state index < -0.39 is 0 Å². The van der Waals surface area contributed by atoms with Crippen LogP contribution >= 0.6 is 0 Å². The molecule has 2 nitrogen and oxygen atoms in total. The van der Waals surface area contributed by atoms with Crippen molar-refractivity contribution in [1.29, 1.82) is 0 Å². The van der Waals surface area contributed by atoms with Gasteiger partial charge in [-0.05, 0) is 31.4 Å². The van der Waals surface area contributed by atoms with Crippen LogP contribution in [0.4, 0.5) is 0 Å². The first-order chi connectivity index (χ1) is 7.76. The van der Waals surface area contributed by atoms with Crippen LogP contribution in [-0.4, -0.2) is 19.2 Å². The Hall–Kier alpha value is -1.02. The molecule has 0 aliphatic carbocycles. The molecule has 3 atom stereocenters. The minimum Gasteiger partial charge on any atom is -0.496 e. The van der Waals surface area contributed by atoms with Crippen LogP contribution in [0.2, 0.25) is 0 Å². The Morgan fingerprint density at radius 3 is 2.81 bits per heavy atom. The minimum atomic E-state index is 0.589. The first kappa shape index (κ1) is 11.5. The van der Waals surface area contributed by atoms with Crippen molar-refractivity contribution < 1.29 is 4.74 Å². The van der Waals surface area contributed by atoms with E-state index in [1.807, 2.05) is 6.07 Å². The third-order valence-corrected chi connectivity index (χ3v) is 3.57. The van der Waals surface area contributed by atoms with Crippen LogP contribution in [0.5, 0.6) is 5.75 Å². The monoisotopic (exact) mass is 219 g/mol. The number of benzene rings is 1. The second-order valence-corrected chi connectivity index (χ2v) is 4.67. The fraction of sp³-hybridized carbons (Fsp3) is 0.571. The zero-order valence-electron chi connectivity index (χ0n) is 10.4. The normalized spacial score (nSPS) is 29.3. The summed E-state index contributed by atoms with van der Waals surface area (Å²) in [6.07, 6.45) is 2.38. The molecule has 2 rings (SSSR count). The molecule has 1 heterocycles. The van der Waals surface area contributed by atoms with Crippen LogP contribution in [0.15, 0.2) is 24.3 Å². The van der Waals surface area contributed by atoms with E-state index in [4.69, 9.17) is 4.74 Å². The van der Waals surface area contributed by atoms with Gasteiger partial charge in [0.15, 0.2) is 0 Å². The molecule has 0 saturated carbocycles. The predicted octanol–water partition coefficient (Wildman–Crippen LogP) is 2.94. The number of nitrogens with one attached hydrogen (secondary N) is 1. The van der Waals surface area contributed by atoms with E-state index in [1.165, 1.54) is 18.4 Å². The molecule has 1 aromatic carbocycles. The highest BCUT2D eigenvalue weighted by Gasteiger charge is 2.32. The summed E-state index contributed by atoms with van der Waals surface area (Å²) in [5, 5.41) is 3.65. The van der Waals surface area contributed by atoms with Gasteiger partial charge in [0.05, 0.1) is 7.11 Å². The van der Waals surface area contributed by atoms with Crippen LogP contribution in [0.1, 0.15) is 38.2 Å². The SMILES string of the molecule is CCC1NC(C)CC1c1ccccc1OC. The first-order valence-corrected chi connectivity index (χ1v) is 6.15. The van der Waals surface area contributed by atoms with Gasteiger partial charge in [0.2, 0.25) is 0 Å². The Labute approximate surface area is 98.0 Å². The van der Waals surface area contributed by atoms with Gasteiger partial charge in [0.1, 0.15) is 5.75 Å². The molecule has 3 unspecified atom stereocenters. The third-order valence-electron chi connectivity index (χ3n) is 3.57.